The van der Waals surface area contributed by atoms with Gasteiger partial charge in [0, 0.05) is 0 Å². The molecule has 0 aromatic heterocycles. The normalized spacial score (nSPS) is 12.8. The first-order valence-electron chi connectivity index (χ1n) is 7.23. The largest absolute Gasteiger partial charge is 0.464 e. The van der Waals surface area contributed by atoms with Gasteiger partial charge in [-0.1, -0.05) is 26.8 Å². The maximum atomic E-state index is 11.7. The van der Waals surface area contributed by atoms with Gasteiger partial charge in [0.05, 0.1) is 7.11 Å². The predicted octanol–water partition coefficient (Wildman–Crippen LogP) is 3.78. The van der Waals surface area contributed by atoms with Crippen molar-refractivity contribution in [2.45, 2.75) is 66.4 Å². The van der Waals surface area contributed by atoms with E-state index in [9.17, 15) is 9.59 Å². The molecule has 0 aliphatic heterocycles. The number of allylic oxidation sites excluding steroid dienone is 1. The lowest BCUT2D eigenvalue weighted by molar-refractivity contribution is -0.136. The monoisotopic (exact) mass is 299 g/mol. The Labute approximate surface area is 128 Å². The molecule has 0 unspecified atom stereocenters. The Morgan fingerprint density at radius 3 is 2.10 bits per heavy atom. The van der Waals surface area contributed by atoms with Crippen molar-refractivity contribution < 1.29 is 19.1 Å². The van der Waals surface area contributed by atoms with Crippen LogP contribution >= 0.6 is 0 Å². The maximum Gasteiger partial charge on any atom is 0.412 e. The van der Waals surface area contributed by atoms with Crippen LogP contribution in [0.2, 0.25) is 0 Å². The highest BCUT2D eigenvalue weighted by molar-refractivity contribution is 5.92. The molecule has 5 heteroatoms. The number of unbranched alkanes of at least 4 members (excludes halogenated alkanes) is 1. The van der Waals surface area contributed by atoms with Crippen LogP contribution in [0.5, 0.6) is 0 Å². The van der Waals surface area contributed by atoms with E-state index in [-0.39, 0.29) is 11.1 Å². The molecule has 0 bridgehead atoms. The minimum atomic E-state index is -0.657. The second kappa shape index (κ2) is 8.05. The smallest absolute Gasteiger partial charge is 0.412 e. The van der Waals surface area contributed by atoms with E-state index >= 15 is 0 Å². The Kier molecular flexibility index (Phi) is 7.47. The average Bonchev–Trinajstić information content (AvgIpc) is 2.28. The van der Waals surface area contributed by atoms with E-state index in [4.69, 9.17) is 4.74 Å². The highest BCUT2D eigenvalue weighted by Crippen LogP contribution is 2.21. The summed E-state index contributed by atoms with van der Waals surface area (Å²) in [4.78, 5) is 23.3. The summed E-state index contributed by atoms with van der Waals surface area (Å²) in [7, 11) is 1.28. The number of alkyl carbamates (subject to hydrolysis) is 1. The van der Waals surface area contributed by atoms with Crippen LogP contribution in [0, 0.1) is 5.41 Å². The number of methoxy groups -OCH3 is 1. The summed E-state index contributed by atoms with van der Waals surface area (Å²) < 4.78 is 9.79. The third kappa shape index (κ3) is 10.9. The van der Waals surface area contributed by atoms with Gasteiger partial charge in [0.15, 0.2) is 0 Å². The summed E-state index contributed by atoms with van der Waals surface area (Å²) in [6, 6.07) is 0. The van der Waals surface area contributed by atoms with E-state index in [1.165, 1.54) is 7.11 Å². The van der Waals surface area contributed by atoms with Crippen molar-refractivity contribution in [1.82, 2.24) is 5.32 Å². The topological polar surface area (TPSA) is 64.6 Å². The average molecular weight is 299 g/mol. The van der Waals surface area contributed by atoms with E-state index in [1.54, 1.807) is 26.8 Å². The quantitative estimate of drug-likeness (QED) is 0.476. The number of hydrogen-bond donors (Lipinski definition) is 1. The zero-order valence-corrected chi connectivity index (χ0v) is 14.3. The van der Waals surface area contributed by atoms with Gasteiger partial charge in [-0.3, -0.25) is 5.32 Å². The maximum absolute atomic E-state index is 11.7. The van der Waals surface area contributed by atoms with Crippen molar-refractivity contribution in [3.63, 3.8) is 0 Å². The number of esters is 1. The van der Waals surface area contributed by atoms with Crippen molar-refractivity contribution in [3.05, 3.63) is 11.8 Å². The fourth-order valence-electron chi connectivity index (χ4n) is 1.59. The first-order valence-corrected chi connectivity index (χ1v) is 7.23. The van der Waals surface area contributed by atoms with Crippen molar-refractivity contribution in [2.75, 3.05) is 7.11 Å². The predicted molar refractivity (Wildman–Crippen MR) is 82.8 cm³/mol. The van der Waals surface area contributed by atoms with Crippen molar-refractivity contribution in [1.29, 1.82) is 0 Å². The molecular weight excluding hydrogens is 270 g/mol. The molecule has 5 nitrogen and oxygen atoms in total. The molecule has 0 aliphatic rings. The van der Waals surface area contributed by atoms with Crippen molar-refractivity contribution in [3.8, 4) is 0 Å². The van der Waals surface area contributed by atoms with Crippen LogP contribution in [0.4, 0.5) is 4.79 Å². The summed E-state index contributed by atoms with van der Waals surface area (Å²) in [6.07, 6.45) is 3.68. The lowest BCUT2D eigenvalue weighted by Crippen LogP contribution is -2.34. The van der Waals surface area contributed by atoms with E-state index < -0.39 is 17.7 Å². The molecule has 0 aliphatic carbocycles. The summed E-state index contributed by atoms with van der Waals surface area (Å²) in [6.45, 7) is 11.8. The zero-order chi connectivity index (χ0) is 16.7. The standard InChI is InChI=1S/C16H29NO4/c1-15(2,3)11-9-8-10-12(13(18)20-7)17-14(19)21-16(4,5)6/h10H,8-9,11H2,1-7H3,(H,17,19)/b12-10+. The molecule has 0 saturated carbocycles. The molecule has 21 heavy (non-hydrogen) atoms. The molecule has 122 valence electrons. The van der Waals surface area contributed by atoms with Crippen molar-refractivity contribution >= 4 is 12.1 Å². The summed E-state index contributed by atoms with van der Waals surface area (Å²) in [5.74, 6) is -0.573. The molecule has 1 amide bonds. The van der Waals surface area contributed by atoms with Gasteiger partial charge in [-0.2, -0.15) is 0 Å². The first-order chi connectivity index (χ1) is 9.44. The van der Waals surface area contributed by atoms with Crippen LogP contribution < -0.4 is 5.32 Å². The molecule has 0 spiro atoms. The second-order valence-electron chi connectivity index (χ2n) is 7.19. The molecule has 0 saturated heterocycles. The minimum absolute atomic E-state index is 0.126. The highest BCUT2D eigenvalue weighted by Gasteiger charge is 2.19. The Bertz CT molecular complexity index is 386. The summed E-state index contributed by atoms with van der Waals surface area (Å²) in [5.41, 5.74) is -0.240. The zero-order valence-electron chi connectivity index (χ0n) is 14.3. The SMILES string of the molecule is COC(=O)/C(=C\CCCC(C)(C)C)NC(=O)OC(C)(C)C. The van der Waals surface area contributed by atoms with Crippen LogP contribution in [-0.4, -0.2) is 24.8 Å². The van der Waals surface area contributed by atoms with Crippen LogP contribution in [0.3, 0.4) is 0 Å². The Morgan fingerprint density at radius 1 is 1.10 bits per heavy atom. The Balaban J connectivity index is 4.59. The van der Waals surface area contributed by atoms with E-state index in [0.29, 0.717) is 6.42 Å². The van der Waals surface area contributed by atoms with Crippen LogP contribution in [-0.2, 0) is 14.3 Å². The van der Waals surface area contributed by atoms with Crippen molar-refractivity contribution in [2.24, 2.45) is 5.41 Å². The number of amides is 1. The van der Waals surface area contributed by atoms with E-state index in [2.05, 4.69) is 30.8 Å². The molecule has 0 atom stereocenters. The molecule has 0 heterocycles. The van der Waals surface area contributed by atoms with Gasteiger partial charge in [-0.25, -0.2) is 9.59 Å². The Morgan fingerprint density at radius 2 is 1.67 bits per heavy atom. The molecule has 0 aromatic rings. The number of carbonyl (C=O) groups is 2. The number of hydrogen-bond acceptors (Lipinski definition) is 4. The fourth-order valence-corrected chi connectivity index (χ4v) is 1.59. The van der Waals surface area contributed by atoms with Gasteiger partial charge in [-0.15, -0.1) is 0 Å². The number of nitrogens with one attached hydrogen (secondary N) is 1. The summed E-state index contributed by atoms with van der Waals surface area (Å²) in [5, 5.41) is 2.45. The van der Waals surface area contributed by atoms with Gasteiger partial charge < -0.3 is 9.47 Å². The van der Waals surface area contributed by atoms with Gasteiger partial charge in [0.1, 0.15) is 11.3 Å². The van der Waals surface area contributed by atoms with Crippen LogP contribution in [0.15, 0.2) is 11.8 Å². The second-order valence-corrected chi connectivity index (χ2v) is 7.19. The summed E-state index contributed by atoms with van der Waals surface area (Å²) >= 11 is 0. The fraction of sp³-hybridized carbons (Fsp3) is 0.750. The van der Waals surface area contributed by atoms with Gasteiger partial charge in [0.2, 0.25) is 0 Å². The third-order valence-electron chi connectivity index (χ3n) is 2.52. The molecule has 0 aromatic carbocycles. The molecule has 0 fully saturated rings. The van der Waals surface area contributed by atoms with Crippen LogP contribution in [0.25, 0.3) is 0 Å². The Hall–Kier alpha value is -1.52. The number of carbonyl (C=O) groups excluding carboxylic acids is 2. The van der Waals surface area contributed by atoms with E-state index in [1.807, 2.05) is 0 Å². The number of rotatable bonds is 5. The third-order valence-corrected chi connectivity index (χ3v) is 2.52. The van der Waals surface area contributed by atoms with Gasteiger partial charge in [0.25, 0.3) is 0 Å². The molecule has 0 radical (unpaired) electrons. The lowest BCUT2D eigenvalue weighted by Gasteiger charge is -2.20. The molecule has 1 N–H and O–H groups in total. The van der Waals surface area contributed by atoms with Gasteiger partial charge in [-0.05, 0) is 45.4 Å². The molecule has 0 rings (SSSR count). The lowest BCUT2D eigenvalue weighted by atomic mass is 9.90. The first kappa shape index (κ1) is 19.5. The van der Waals surface area contributed by atoms with Crippen LogP contribution in [0.1, 0.15) is 60.8 Å². The van der Waals surface area contributed by atoms with Gasteiger partial charge >= 0.3 is 12.1 Å². The van der Waals surface area contributed by atoms with E-state index in [0.717, 1.165) is 12.8 Å². The highest BCUT2D eigenvalue weighted by atomic mass is 16.6. The molecular formula is C16H29NO4. The minimum Gasteiger partial charge on any atom is -0.464 e. The number of ether oxygens (including phenoxy) is 2.